The number of hydrogen-bond donors (Lipinski definition) is 0. The van der Waals surface area contributed by atoms with Gasteiger partial charge in [0.05, 0.1) is 5.41 Å². The lowest BCUT2D eigenvalue weighted by Crippen LogP contribution is -2.28. The lowest BCUT2D eigenvalue weighted by Gasteiger charge is -2.34. The summed E-state index contributed by atoms with van der Waals surface area (Å²) in [4.78, 5) is 0. The Labute approximate surface area is 282 Å². The fraction of sp³-hybridized carbons (Fsp3) is 0.0417. The van der Waals surface area contributed by atoms with Crippen LogP contribution in [0.15, 0.2) is 182 Å². The van der Waals surface area contributed by atoms with Crippen LogP contribution in [0.25, 0.3) is 61.0 Å². The van der Waals surface area contributed by atoms with Crippen molar-refractivity contribution in [2.24, 2.45) is 0 Å². The molecular formula is C48H34. The van der Waals surface area contributed by atoms with E-state index in [9.17, 15) is 0 Å². The molecule has 0 heteroatoms. The van der Waals surface area contributed by atoms with Crippen molar-refractivity contribution >= 4 is 27.6 Å². The van der Waals surface area contributed by atoms with E-state index in [2.05, 4.69) is 195 Å². The normalized spacial score (nSPS) is 13.2. The summed E-state index contributed by atoms with van der Waals surface area (Å²) in [6, 6.07) is 65.3. The maximum atomic E-state index is 2.52. The van der Waals surface area contributed by atoms with Crippen LogP contribution in [0.5, 0.6) is 0 Å². The zero-order chi connectivity index (χ0) is 32.1. The van der Waals surface area contributed by atoms with Crippen LogP contribution < -0.4 is 0 Å². The molecule has 0 saturated carbocycles. The summed E-state index contributed by atoms with van der Waals surface area (Å²) < 4.78 is 0. The van der Waals surface area contributed by atoms with Crippen LogP contribution >= 0.6 is 0 Å². The highest BCUT2D eigenvalue weighted by Gasteiger charge is 2.46. The number of rotatable bonds is 5. The Morgan fingerprint density at radius 2 is 0.979 bits per heavy atom. The summed E-state index contributed by atoms with van der Waals surface area (Å²) in [6.07, 6.45) is 4.25. The van der Waals surface area contributed by atoms with Gasteiger partial charge in [-0.15, -0.1) is 0 Å². The molecule has 0 amide bonds. The number of benzene rings is 8. The van der Waals surface area contributed by atoms with E-state index in [-0.39, 0.29) is 0 Å². The highest BCUT2D eigenvalue weighted by Crippen LogP contribution is 2.57. The number of hydrogen-bond acceptors (Lipinski definition) is 0. The van der Waals surface area contributed by atoms with E-state index >= 15 is 0 Å². The van der Waals surface area contributed by atoms with Gasteiger partial charge in [0.2, 0.25) is 0 Å². The van der Waals surface area contributed by atoms with Gasteiger partial charge in [-0.1, -0.05) is 170 Å². The van der Waals surface area contributed by atoms with Gasteiger partial charge < -0.3 is 0 Å². The first-order chi connectivity index (χ1) is 23.8. The number of fused-ring (bicyclic) bond motifs is 5. The van der Waals surface area contributed by atoms with Crippen molar-refractivity contribution < 1.29 is 0 Å². The first-order valence-corrected chi connectivity index (χ1v) is 16.8. The van der Waals surface area contributed by atoms with Crippen LogP contribution in [0.4, 0.5) is 0 Å². The van der Waals surface area contributed by atoms with E-state index < -0.39 is 5.41 Å². The van der Waals surface area contributed by atoms with Crippen LogP contribution in [0.3, 0.4) is 0 Å². The fourth-order valence-electron chi connectivity index (χ4n) is 8.11. The molecule has 0 radical (unpaired) electrons. The maximum Gasteiger partial charge on any atom is 0.0713 e. The van der Waals surface area contributed by atoms with Gasteiger partial charge >= 0.3 is 0 Å². The molecule has 0 heterocycles. The molecule has 0 aliphatic heterocycles. The van der Waals surface area contributed by atoms with Crippen molar-refractivity contribution in [1.29, 1.82) is 0 Å². The Morgan fingerprint density at radius 1 is 0.396 bits per heavy atom. The molecular weight excluding hydrogens is 577 g/mol. The second-order valence-corrected chi connectivity index (χ2v) is 12.8. The molecule has 0 atom stereocenters. The lowest BCUT2D eigenvalue weighted by atomic mass is 9.67. The summed E-state index contributed by atoms with van der Waals surface area (Å²) >= 11 is 0. The Kier molecular flexibility index (Phi) is 6.69. The Bertz CT molecular complexity index is 2440. The molecule has 8 aromatic carbocycles. The van der Waals surface area contributed by atoms with Gasteiger partial charge in [0, 0.05) is 0 Å². The topological polar surface area (TPSA) is 0 Å². The third kappa shape index (κ3) is 4.30. The van der Waals surface area contributed by atoms with Crippen LogP contribution in [0.2, 0.25) is 0 Å². The van der Waals surface area contributed by atoms with E-state index in [1.807, 2.05) is 0 Å². The van der Waals surface area contributed by atoms with Crippen LogP contribution in [0.1, 0.15) is 34.7 Å². The molecule has 1 aliphatic carbocycles. The monoisotopic (exact) mass is 610 g/mol. The molecule has 0 fully saturated rings. The van der Waals surface area contributed by atoms with E-state index in [1.54, 1.807) is 0 Å². The van der Waals surface area contributed by atoms with E-state index in [1.165, 1.54) is 82.7 Å². The largest absolute Gasteiger partial charge is 0.0871 e. The summed E-state index contributed by atoms with van der Waals surface area (Å²) in [5.41, 5.74) is 13.5. The summed E-state index contributed by atoms with van der Waals surface area (Å²) in [7, 11) is 0. The van der Waals surface area contributed by atoms with E-state index in [4.69, 9.17) is 0 Å². The average Bonchev–Trinajstić information content (AvgIpc) is 3.44. The van der Waals surface area contributed by atoms with Crippen molar-refractivity contribution in [3.8, 4) is 33.4 Å². The summed E-state index contributed by atoms with van der Waals surface area (Å²) in [6.45, 7) is 2.07. The van der Waals surface area contributed by atoms with Gasteiger partial charge in [0.25, 0.3) is 0 Å². The Morgan fingerprint density at radius 3 is 1.69 bits per heavy atom. The van der Waals surface area contributed by atoms with E-state index in [0.29, 0.717) is 0 Å². The molecule has 0 saturated heterocycles. The van der Waals surface area contributed by atoms with Gasteiger partial charge in [-0.2, -0.15) is 0 Å². The Hall–Kier alpha value is -5.98. The van der Waals surface area contributed by atoms with Gasteiger partial charge in [0.15, 0.2) is 0 Å². The third-order valence-electron chi connectivity index (χ3n) is 10.2. The first-order valence-electron chi connectivity index (χ1n) is 16.8. The standard InChI is InChI=1S/C48H34/c1-2-13-33-22-24-35(25-23-33)40-28-29-41(37-27-26-34-14-9-10-15-36(34)30-37)43-31-45-42-20-11-12-21-46(42)48(47(45)32-44(40)43,38-16-5-3-6-17-38)39-18-7-4-8-19-39/h2-32H,1H3/b13-2+. The highest BCUT2D eigenvalue weighted by molar-refractivity contribution is 6.09. The zero-order valence-corrected chi connectivity index (χ0v) is 26.9. The van der Waals surface area contributed by atoms with Crippen molar-refractivity contribution in [2.75, 3.05) is 0 Å². The van der Waals surface area contributed by atoms with Gasteiger partial charge in [-0.05, 0) is 108 Å². The maximum absolute atomic E-state index is 2.52. The number of allylic oxidation sites excluding steroid dienone is 1. The van der Waals surface area contributed by atoms with Crippen LogP contribution in [-0.2, 0) is 5.41 Å². The average molecular weight is 611 g/mol. The molecule has 8 aromatic rings. The molecule has 226 valence electrons. The molecule has 1 aliphatic rings. The predicted molar refractivity (Wildman–Crippen MR) is 204 cm³/mol. The quantitative estimate of drug-likeness (QED) is 0.182. The smallest absolute Gasteiger partial charge is 0.0713 e. The van der Waals surface area contributed by atoms with Gasteiger partial charge in [-0.25, -0.2) is 0 Å². The second kappa shape index (κ2) is 11.4. The molecule has 0 N–H and O–H groups in total. The van der Waals surface area contributed by atoms with Crippen molar-refractivity contribution in [3.63, 3.8) is 0 Å². The molecule has 0 aromatic heterocycles. The summed E-state index contributed by atoms with van der Waals surface area (Å²) in [5.74, 6) is 0. The zero-order valence-electron chi connectivity index (χ0n) is 26.9. The van der Waals surface area contributed by atoms with Crippen LogP contribution in [-0.4, -0.2) is 0 Å². The molecule has 0 nitrogen and oxygen atoms in total. The molecule has 0 spiro atoms. The van der Waals surface area contributed by atoms with Crippen molar-refractivity contribution in [3.05, 3.63) is 210 Å². The van der Waals surface area contributed by atoms with E-state index in [0.717, 1.165) is 0 Å². The highest BCUT2D eigenvalue weighted by atomic mass is 14.5. The second-order valence-electron chi connectivity index (χ2n) is 12.8. The first kappa shape index (κ1) is 28.3. The van der Waals surface area contributed by atoms with Crippen LogP contribution in [0, 0.1) is 0 Å². The minimum absolute atomic E-state index is 0.450. The third-order valence-corrected chi connectivity index (χ3v) is 10.2. The lowest BCUT2D eigenvalue weighted by molar-refractivity contribution is 0.769. The SMILES string of the molecule is C/C=C/c1ccc(-c2ccc(-c3ccc4ccccc4c3)c3cc4c(cc23)C(c2ccccc2)(c2ccccc2)c2ccccc2-4)cc1. The molecule has 9 rings (SSSR count). The minimum atomic E-state index is -0.450. The Balaban J connectivity index is 1.40. The van der Waals surface area contributed by atoms with Crippen molar-refractivity contribution in [1.82, 2.24) is 0 Å². The summed E-state index contributed by atoms with van der Waals surface area (Å²) in [5, 5.41) is 5.05. The molecule has 0 unspecified atom stereocenters. The van der Waals surface area contributed by atoms with Gasteiger partial charge in [0.1, 0.15) is 0 Å². The van der Waals surface area contributed by atoms with Crippen molar-refractivity contribution in [2.45, 2.75) is 12.3 Å². The fourth-order valence-corrected chi connectivity index (χ4v) is 8.11. The van der Waals surface area contributed by atoms with Gasteiger partial charge in [-0.3, -0.25) is 0 Å². The molecule has 48 heavy (non-hydrogen) atoms. The minimum Gasteiger partial charge on any atom is -0.0871 e. The predicted octanol–water partition coefficient (Wildman–Crippen LogP) is 12.7. The molecule has 0 bridgehead atoms.